The minimum Gasteiger partial charge on any atom is -1.00 e. The Bertz CT molecular complexity index is 331. The van der Waals surface area contributed by atoms with E-state index < -0.39 is 0 Å². The van der Waals surface area contributed by atoms with Crippen LogP contribution in [-0.4, -0.2) is 101 Å². The molecule has 0 bridgehead atoms. The van der Waals surface area contributed by atoms with Crippen LogP contribution in [0.2, 0.25) is 0 Å². The van der Waals surface area contributed by atoms with Gasteiger partial charge in [0.1, 0.15) is 0 Å². The van der Waals surface area contributed by atoms with Crippen LogP contribution < -0.4 is 17.0 Å². The Morgan fingerprint density at radius 2 is 1.27 bits per heavy atom. The van der Waals surface area contributed by atoms with Crippen LogP contribution >= 0.6 is 0 Å². The van der Waals surface area contributed by atoms with E-state index in [0.717, 1.165) is 22.1 Å². The van der Waals surface area contributed by atoms with Gasteiger partial charge in [-0.15, -0.1) is 0 Å². The quantitative estimate of drug-likeness (QED) is 0.319. The summed E-state index contributed by atoms with van der Waals surface area (Å²) in [6.45, 7) is 3.20. The van der Waals surface area contributed by atoms with Gasteiger partial charge in [0, 0.05) is 6.42 Å². The number of esters is 1. The highest BCUT2D eigenvalue weighted by Gasteiger charge is 2.20. The van der Waals surface area contributed by atoms with E-state index in [2.05, 4.69) is 47.0 Å². The van der Waals surface area contributed by atoms with Crippen LogP contribution in [0.4, 0.5) is 0 Å². The average molecular weight is 383 g/mol. The van der Waals surface area contributed by atoms with Gasteiger partial charge >= 0.3 is 5.97 Å². The molecule has 0 aliphatic heterocycles. The number of likely N-dealkylation sites (N-methyl/N-ethyl adjacent to an activating group) is 2. The number of hydrogen-bond donors (Lipinski definition) is 0. The first kappa shape index (κ1) is 23.6. The molecule has 1 amide bonds. The number of quaternary nitrogens is 2. The van der Waals surface area contributed by atoms with E-state index >= 15 is 0 Å². The van der Waals surface area contributed by atoms with Gasteiger partial charge in [-0.1, -0.05) is 0 Å². The Hall–Kier alpha value is -0.660. The molecule has 0 aliphatic carbocycles. The lowest BCUT2D eigenvalue weighted by Crippen LogP contribution is -3.00. The first-order valence-corrected chi connectivity index (χ1v) is 7.40. The van der Waals surface area contributed by atoms with Gasteiger partial charge in [-0.25, -0.2) is 0 Å². The van der Waals surface area contributed by atoms with Crippen LogP contribution in [0.25, 0.3) is 0 Å². The summed E-state index contributed by atoms with van der Waals surface area (Å²) in [6.07, 6.45) is 0.377. The SMILES string of the molecule is COC(=O)CCC(=O)N(CC[N+](C)(C)C)CC[N+](C)(C)C.[Br-]. The lowest BCUT2D eigenvalue weighted by molar-refractivity contribution is -0.872. The van der Waals surface area contributed by atoms with Crippen molar-refractivity contribution in [1.82, 2.24) is 4.90 Å². The second-order valence-corrected chi connectivity index (χ2v) is 7.48. The zero-order valence-corrected chi connectivity index (χ0v) is 16.8. The Morgan fingerprint density at radius 3 is 1.59 bits per heavy atom. The fraction of sp³-hybridized carbons (Fsp3) is 0.867. The number of carbonyl (C=O) groups excluding carboxylic acids is 2. The van der Waals surface area contributed by atoms with Crippen LogP contribution in [0.3, 0.4) is 0 Å². The summed E-state index contributed by atoms with van der Waals surface area (Å²) in [4.78, 5) is 25.3. The van der Waals surface area contributed by atoms with Crippen molar-refractivity contribution >= 4 is 11.9 Å². The standard InChI is InChI=1S/C15H33N3O3.BrH/c1-17(2,3)12-10-16(11-13-18(4,5)6)14(19)8-9-15(20)21-7;/h8-13H2,1-7H3;1H/q+2;/p-1. The van der Waals surface area contributed by atoms with E-state index in [0.29, 0.717) is 13.1 Å². The normalized spacial score (nSPS) is 11.6. The van der Waals surface area contributed by atoms with Crippen molar-refractivity contribution in [3.8, 4) is 0 Å². The Kier molecular flexibility index (Phi) is 10.9. The number of hydrogen-bond acceptors (Lipinski definition) is 3. The van der Waals surface area contributed by atoms with Crippen molar-refractivity contribution in [1.29, 1.82) is 0 Å². The highest BCUT2D eigenvalue weighted by molar-refractivity contribution is 5.81. The fourth-order valence-corrected chi connectivity index (χ4v) is 1.67. The third kappa shape index (κ3) is 13.0. The zero-order chi connectivity index (χ0) is 16.7. The Balaban J connectivity index is 0. The monoisotopic (exact) mass is 382 g/mol. The average Bonchev–Trinajstić information content (AvgIpc) is 2.32. The molecule has 7 heteroatoms. The molecule has 0 saturated heterocycles. The largest absolute Gasteiger partial charge is 1.00 e. The maximum atomic E-state index is 12.3. The molecular weight excluding hydrogens is 350 g/mol. The van der Waals surface area contributed by atoms with E-state index in [4.69, 9.17) is 0 Å². The minimum absolute atomic E-state index is 0. The number of carbonyl (C=O) groups is 2. The number of ether oxygens (including phenoxy) is 1. The summed E-state index contributed by atoms with van der Waals surface area (Å²) in [5.41, 5.74) is 0. The van der Waals surface area contributed by atoms with E-state index in [-0.39, 0.29) is 41.7 Å². The van der Waals surface area contributed by atoms with Crippen molar-refractivity contribution in [2.45, 2.75) is 12.8 Å². The Labute approximate surface area is 145 Å². The van der Waals surface area contributed by atoms with Crippen LogP contribution in [0.1, 0.15) is 12.8 Å². The third-order valence-corrected chi connectivity index (χ3v) is 3.20. The van der Waals surface area contributed by atoms with Crippen molar-refractivity contribution < 1.29 is 40.3 Å². The summed E-state index contributed by atoms with van der Waals surface area (Å²) in [5, 5.41) is 0. The summed E-state index contributed by atoms with van der Waals surface area (Å²) < 4.78 is 6.21. The number of methoxy groups -OCH3 is 1. The fourth-order valence-electron chi connectivity index (χ4n) is 1.67. The van der Waals surface area contributed by atoms with E-state index in [1.807, 2.05) is 4.90 Å². The molecule has 0 radical (unpaired) electrons. The first-order chi connectivity index (χ1) is 9.44. The lowest BCUT2D eigenvalue weighted by atomic mass is 10.2. The van der Waals surface area contributed by atoms with Gasteiger partial charge in [-0.3, -0.25) is 9.59 Å². The molecule has 0 aromatic heterocycles. The molecule has 0 atom stereocenters. The van der Waals surface area contributed by atoms with Gasteiger partial charge in [-0.05, 0) is 0 Å². The molecule has 0 N–H and O–H groups in total. The summed E-state index contributed by atoms with van der Waals surface area (Å²) in [7, 11) is 14.0. The number of halogens is 1. The van der Waals surface area contributed by atoms with E-state index in [1.165, 1.54) is 7.11 Å². The molecule has 0 heterocycles. The topological polar surface area (TPSA) is 46.6 Å². The molecule has 22 heavy (non-hydrogen) atoms. The molecule has 6 nitrogen and oxygen atoms in total. The first-order valence-electron chi connectivity index (χ1n) is 7.40. The summed E-state index contributed by atoms with van der Waals surface area (Å²) in [5.74, 6) is -0.302. The van der Waals surface area contributed by atoms with E-state index in [1.54, 1.807) is 0 Å². The molecular formula is C15H33BrN3O3+. The second kappa shape index (κ2) is 10.2. The third-order valence-electron chi connectivity index (χ3n) is 3.20. The van der Waals surface area contributed by atoms with Crippen molar-refractivity contribution in [2.24, 2.45) is 0 Å². The van der Waals surface area contributed by atoms with Gasteiger partial charge in [0.15, 0.2) is 0 Å². The molecule has 0 saturated carbocycles. The molecule has 0 unspecified atom stereocenters. The van der Waals surface area contributed by atoms with Gasteiger partial charge in [0.25, 0.3) is 0 Å². The van der Waals surface area contributed by atoms with Gasteiger partial charge in [-0.2, -0.15) is 0 Å². The molecule has 0 fully saturated rings. The predicted octanol–water partition coefficient (Wildman–Crippen LogP) is -2.82. The molecule has 0 aliphatic rings. The van der Waals surface area contributed by atoms with Crippen LogP contribution in [-0.2, 0) is 14.3 Å². The maximum absolute atomic E-state index is 12.3. The van der Waals surface area contributed by atoms with Crippen molar-refractivity contribution in [2.75, 3.05) is 75.6 Å². The Morgan fingerprint density at radius 1 is 0.864 bits per heavy atom. The smallest absolute Gasteiger partial charge is 0.306 e. The maximum Gasteiger partial charge on any atom is 0.306 e. The van der Waals surface area contributed by atoms with E-state index in [9.17, 15) is 9.59 Å². The molecule has 0 rings (SSSR count). The van der Waals surface area contributed by atoms with Crippen LogP contribution in [0.15, 0.2) is 0 Å². The highest BCUT2D eigenvalue weighted by atomic mass is 79.9. The van der Waals surface area contributed by atoms with Crippen molar-refractivity contribution in [3.05, 3.63) is 0 Å². The second-order valence-electron chi connectivity index (χ2n) is 7.48. The van der Waals surface area contributed by atoms with Gasteiger partial charge < -0.3 is 35.6 Å². The zero-order valence-electron chi connectivity index (χ0n) is 15.2. The van der Waals surface area contributed by atoms with Gasteiger partial charge in [0.2, 0.25) is 5.91 Å². The van der Waals surface area contributed by atoms with Crippen LogP contribution in [0.5, 0.6) is 0 Å². The molecule has 0 spiro atoms. The number of rotatable bonds is 9. The molecule has 0 aromatic rings. The summed E-state index contributed by atoms with van der Waals surface area (Å²) >= 11 is 0. The number of nitrogens with zero attached hydrogens (tertiary/aromatic N) is 3. The lowest BCUT2D eigenvalue weighted by Gasteiger charge is -2.31. The highest BCUT2D eigenvalue weighted by Crippen LogP contribution is 2.03. The van der Waals surface area contributed by atoms with Crippen molar-refractivity contribution in [3.63, 3.8) is 0 Å². The van der Waals surface area contributed by atoms with Gasteiger partial charge in [0.05, 0.1) is 82.0 Å². The van der Waals surface area contributed by atoms with Crippen LogP contribution in [0, 0.1) is 0 Å². The predicted molar refractivity (Wildman–Crippen MR) is 83.6 cm³/mol. The molecule has 0 aromatic carbocycles. The minimum atomic E-state index is -0.332. The summed E-state index contributed by atoms with van der Waals surface area (Å²) in [6, 6.07) is 0. The number of amides is 1. The molecule has 132 valence electrons.